The van der Waals surface area contributed by atoms with Gasteiger partial charge in [-0.15, -0.1) is 0 Å². The zero-order valence-electron chi connectivity index (χ0n) is 11.1. The number of benzene rings is 1. The maximum atomic E-state index is 12.1. The third-order valence-electron chi connectivity index (χ3n) is 3.08. The second-order valence-electron chi connectivity index (χ2n) is 4.24. The molecule has 2 atom stereocenters. The first kappa shape index (κ1) is 15.1. The Bertz CT molecular complexity index is 445. The standard InChI is InChI=1S/C13H21NO3S/c1-11(18(15,16)10-9-17-3)13(14-2)12-7-5-4-6-8-12/h4-8,11,13-14H,9-10H2,1-3H3. The number of methoxy groups -OCH3 is 1. The Labute approximate surface area is 109 Å². The molecule has 102 valence electrons. The van der Waals surface area contributed by atoms with E-state index in [1.807, 2.05) is 30.3 Å². The number of hydrogen-bond donors (Lipinski definition) is 1. The van der Waals surface area contributed by atoms with Crippen LogP contribution in [0.3, 0.4) is 0 Å². The van der Waals surface area contributed by atoms with E-state index in [1.165, 1.54) is 7.11 Å². The van der Waals surface area contributed by atoms with Gasteiger partial charge >= 0.3 is 0 Å². The lowest BCUT2D eigenvalue weighted by Crippen LogP contribution is -2.35. The molecule has 5 heteroatoms. The van der Waals surface area contributed by atoms with Gasteiger partial charge in [0, 0.05) is 13.2 Å². The Morgan fingerprint density at radius 3 is 2.39 bits per heavy atom. The van der Waals surface area contributed by atoms with Crippen LogP contribution in [-0.2, 0) is 14.6 Å². The lowest BCUT2D eigenvalue weighted by molar-refractivity contribution is 0.217. The van der Waals surface area contributed by atoms with Crippen LogP contribution >= 0.6 is 0 Å². The first-order valence-corrected chi connectivity index (χ1v) is 7.67. The Kier molecular flexibility index (Phi) is 5.78. The Balaban J connectivity index is 2.89. The highest BCUT2D eigenvalue weighted by Gasteiger charge is 2.29. The van der Waals surface area contributed by atoms with Crippen LogP contribution in [0.1, 0.15) is 18.5 Å². The van der Waals surface area contributed by atoms with Crippen molar-refractivity contribution in [3.05, 3.63) is 35.9 Å². The molecule has 1 aromatic carbocycles. The van der Waals surface area contributed by atoms with Gasteiger partial charge in [0.25, 0.3) is 0 Å². The van der Waals surface area contributed by atoms with E-state index < -0.39 is 15.1 Å². The van der Waals surface area contributed by atoms with Crippen molar-refractivity contribution in [2.24, 2.45) is 0 Å². The Hall–Kier alpha value is -0.910. The van der Waals surface area contributed by atoms with E-state index in [0.717, 1.165) is 5.56 Å². The smallest absolute Gasteiger partial charge is 0.157 e. The lowest BCUT2D eigenvalue weighted by Gasteiger charge is -2.24. The van der Waals surface area contributed by atoms with Crippen LogP contribution in [0.25, 0.3) is 0 Å². The van der Waals surface area contributed by atoms with Gasteiger partial charge in [0.1, 0.15) is 0 Å². The summed E-state index contributed by atoms with van der Waals surface area (Å²) in [6, 6.07) is 9.41. The van der Waals surface area contributed by atoms with Gasteiger partial charge in [-0.2, -0.15) is 0 Å². The largest absolute Gasteiger partial charge is 0.384 e. The summed E-state index contributed by atoms with van der Waals surface area (Å²) in [5.41, 5.74) is 0.980. The molecule has 0 saturated heterocycles. The van der Waals surface area contributed by atoms with E-state index in [4.69, 9.17) is 4.74 Å². The first-order chi connectivity index (χ1) is 8.53. The minimum atomic E-state index is -3.17. The molecule has 1 N–H and O–H groups in total. The van der Waals surface area contributed by atoms with Crippen LogP contribution in [0.15, 0.2) is 30.3 Å². The van der Waals surface area contributed by atoms with Crippen molar-refractivity contribution in [1.82, 2.24) is 5.32 Å². The fraction of sp³-hybridized carbons (Fsp3) is 0.538. The molecule has 2 unspecified atom stereocenters. The van der Waals surface area contributed by atoms with Crippen molar-refractivity contribution in [1.29, 1.82) is 0 Å². The molecule has 0 aliphatic heterocycles. The molecule has 0 aliphatic carbocycles. The fourth-order valence-electron chi connectivity index (χ4n) is 1.93. The third-order valence-corrected chi connectivity index (χ3v) is 5.22. The van der Waals surface area contributed by atoms with Crippen molar-refractivity contribution in [2.45, 2.75) is 18.2 Å². The fourth-order valence-corrected chi connectivity index (χ4v) is 3.40. The molecule has 1 aromatic rings. The highest BCUT2D eigenvalue weighted by atomic mass is 32.2. The van der Waals surface area contributed by atoms with E-state index in [-0.39, 0.29) is 18.4 Å². The monoisotopic (exact) mass is 271 g/mol. The third kappa shape index (κ3) is 3.80. The summed E-state index contributed by atoms with van der Waals surface area (Å²) < 4.78 is 29.1. The molecule has 0 fully saturated rings. The number of nitrogens with one attached hydrogen (secondary N) is 1. The van der Waals surface area contributed by atoms with Gasteiger partial charge in [-0.25, -0.2) is 8.42 Å². The van der Waals surface area contributed by atoms with Crippen LogP contribution in [-0.4, -0.2) is 40.2 Å². The quantitative estimate of drug-likeness (QED) is 0.814. The molecular weight excluding hydrogens is 250 g/mol. The molecule has 0 spiro atoms. The second kappa shape index (κ2) is 6.87. The van der Waals surface area contributed by atoms with E-state index in [2.05, 4.69) is 5.32 Å². The van der Waals surface area contributed by atoms with Crippen LogP contribution in [0, 0.1) is 0 Å². The van der Waals surface area contributed by atoms with Crippen molar-refractivity contribution >= 4 is 9.84 Å². The molecule has 0 saturated carbocycles. The molecule has 0 heterocycles. The molecular formula is C13H21NO3S. The highest BCUT2D eigenvalue weighted by Crippen LogP contribution is 2.22. The Morgan fingerprint density at radius 1 is 1.28 bits per heavy atom. The van der Waals surface area contributed by atoms with E-state index in [1.54, 1.807) is 14.0 Å². The van der Waals surface area contributed by atoms with Gasteiger partial charge in [0.15, 0.2) is 9.84 Å². The van der Waals surface area contributed by atoms with Crippen molar-refractivity contribution in [3.8, 4) is 0 Å². The molecule has 0 bridgehead atoms. The van der Waals surface area contributed by atoms with E-state index >= 15 is 0 Å². The minimum Gasteiger partial charge on any atom is -0.384 e. The van der Waals surface area contributed by atoms with Crippen LogP contribution in [0.4, 0.5) is 0 Å². The second-order valence-corrected chi connectivity index (χ2v) is 6.72. The normalized spacial score (nSPS) is 15.3. The predicted molar refractivity (Wildman–Crippen MR) is 73.4 cm³/mol. The molecule has 18 heavy (non-hydrogen) atoms. The van der Waals surface area contributed by atoms with Crippen molar-refractivity contribution < 1.29 is 13.2 Å². The summed E-state index contributed by atoms with van der Waals surface area (Å²) in [4.78, 5) is 0. The average Bonchev–Trinajstić information content (AvgIpc) is 2.38. The number of sulfone groups is 1. The Morgan fingerprint density at radius 2 is 1.89 bits per heavy atom. The summed E-state index contributed by atoms with van der Waals surface area (Å²) in [6.45, 7) is 1.97. The SMILES string of the molecule is CNC(c1ccccc1)C(C)S(=O)(=O)CCOC. The van der Waals surface area contributed by atoms with Gasteiger partial charge in [-0.1, -0.05) is 30.3 Å². The van der Waals surface area contributed by atoms with Gasteiger partial charge < -0.3 is 10.1 Å². The minimum absolute atomic E-state index is 0.0513. The summed E-state index contributed by atoms with van der Waals surface area (Å²) in [7, 11) is 0.115. The molecule has 0 amide bonds. The summed E-state index contributed by atoms with van der Waals surface area (Å²) >= 11 is 0. The van der Waals surface area contributed by atoms with E-state index in [9.17, 15) is 8.42 Å². The van der Waals surface area contributed by atoms with Crippen LogP contribution in [0.2, 0.25) is 0 Å². The zero-order chi connectivity index (χ0) is 13.6. The molecule has 0 aromatic heterocycles. The highest BCUT2D eigenvalue weighted by molar-refractivity contribution is 7.92. The number of ether oxygens (including phenoxy) is 1. The van der Waals surface area contributed by atoms with Gasteiger partial charge in [-0.3, -0.25) is 0 Å². The molecule has 4 nitrogen and oxygen atoms in total. The summed E-state index contributed by atoms with van der Waals surface area (Å²) in [5.74, 6) is 0.0513. The average molecular weight is 271 g/mol. The van der Waals surface area contributed by atoms with Gasteiger partial charge in [0.2, 0.25) is 0 Å². The van der Waals surface area contributed by atoms with Crippen molar-refractivity contribution in [2.75, 3.05) is 26.5 Å². The molecule has 0 radical (unpaired) electrons. The van der Waals surface area contributed by atoms with Crippen LogP contribution in [0.5, 0.6) is 0 Å². The predicted octanol–water partition coefficient (Wildman–Crippen LogP) is 1.40. The number of rotatable bonds is 7. The molecule has 0 aliphatic rings. The maximum absolute atomic E-state index is 12.1. The topological polar surface area (TPSA) is 55.4 Å². The summed E-state index contributed by atoms with van der Waals surface area (Å²) in [6.07, 6.45) is 0. The van der Waals surface area contributed by atoms with Crippen LogP contribution < -0.4 is 5.32 Å². The lowest BCUT2D eigenvalue weighted by atomic mass is 10.0. The maximum Gasteiger partial charge on any atom is 0.157 e. The molecule has 1 rings (SSSR count). The first-order valence-electron chi connectivity index (χ1n) is 5.95. The number of hydrogen-bond acceptors (Lipinski definition) is 4. The zero-order valence-corrected chi connectivity index (χ0v) is 11.9. The summed E-state index contributed by atoms with van der Waals surface area (Å²) in [5, 5.41) is 2.59. The van der Waals surface area contributed by atoms with E-state index in [0.29, 0.717) is 0 Å². The van der Waals surface area contributed by atoms with Gasteiger partial charge in [0.05, 0.1) is 17.6 Å². The van der Waals surface area contributed by atoms with Gasteiger partial charge in [-0.05, 0) is 19.5 Å². The van der Waals surface area contributed by atoms with Crippen molar-refractivity contribution in [3.63, 3.8) is 0 Å².